The molecule has 2 aromatic carbocycles. The van der Waals surface area contributed by atoms with Gasteiger partial charge < -0.3 is 14.2 Å². The molecule has 0 saturated carbocycles. The first-order chi connectivity index (χ1) is 17.2. The third kappa shape index (κ3) is 4.90. The summed E-state index contributed by atoms with van der Waals surface area (Å²) in [6, 6.07) is 20.9. The SMILES string of the molecule is CCOC(=O)C1CCCN(C(=O)c2ccc(-n3c(-c4ccccc4)cc4c3CCCCC4)cc2)C1. The molecule has 1 fully saturated rings. The van der Waals surface area contributed by atoms with Crippen LogP contribution >= 0.6 is 0 Å². The van der Waals surface area contributed by atoms with Gasteiger partial charge in [0, 0.05) is 30.0 Å². The maximum atomic E-state index is 13.3. The lowest BCUT2D eigenvalue weighted by Gasteiger charge is -2.31. The second-order valence-electron chi connectivity index (χ2n) is 9.65. The fraction of sp³-hybridized carbons (Fsp3) is 0.400. The van der Waals surface area contributed by atoms with Gasteiger partial charge in [0.25, 0.3) is 5.91 Å². The highest BCUT2D eigenvalue weighted by molar-refractivity contribution is 5.94. The van der Waals surface area contributed by atoms with Crippen molar-refractivity contribution >= 4 is 11.9 Å². The number of piperidine rings is 1. The van der Waals surface area contributed by atoms with Crippen LogP contribution in [0.2, 0.25) is 0 Å². The summed E-state index contributed by atoms with van der Waals surface area (Å²) in [6.07, 6.45) is 7.51. The molecule has 5 nitrogen and oxygen atoms in total. The number of hydrogen-bond donors (Lipinski definition) is 0. The number of esters is 1. The lowest BCUT2D eigenvalue weighted by molar-refractivity contribution is -0.149. The molecule has 5 heteroatoms. The molecule has 0 radical (unpaired) electrons. The Kier molecular flexibility index (Phi) is 7.03. The highest BCUT2D eigenvalue weighted by Gasteiger charge is 2.30. The molecule has 2 aliphatic rings. The van der Waals surface area contributed by atoms with E-state index in [4.69, 9.17) is 4.74 Å². The molecule has 35 heavy (non-hydrogen) atoms. The van der Waals surface area contributed by atoms with Gasteiger partial charge in [0.1, 0.15) is 0 Å². The maximum Gasteiger partial charge on any atom is 0.310 e. The van der Waals surface area contributed by atoms with Crippen molar-refractivity contribution in [3.05, 3.63) is 77.5 Å². The number of carbonyl (C=O) groups excluding carboxylic acids is 2. The Bertz CT molecular complexity index is 1180. The van der Waals surface area contributed by atoms with Crippen molar-refractivity contribution in [2.45, 2.75) is 51.9 Å². The number of aryl methyl sites for hydroxylation is 1. The van der Waals surface area contributed by atoms with Gasteiger partial charge in [-0.05, 0) is 86.9 Å². The molecule has 1 atom stereocenters. The third-order valence-electron chi connectivity index (χ3n) is 7.32. The van der Waals surface area contributed by atoms with Crippen LogP contribution in [0.5, 0.6) is 0 Å². The molecule has 0 bridgehead atoms. The van der Waals surface area contributed by atoms with Crippen molar-refractivity contribution in [2.24, 2.45) is 5.92 Å². The molecule has 1 unspecified atom stereocenters. The number of amides is 1. The third-order valence-corrected chi connectivity index (χ3v) is 7.32. The standard InChI is InChI=1S/C30H34N2O3/c1-2-35-30(34)25-13-9-19-31(21-25)29(33)23-15-17-26(18-16-23)32-27-14-8-4-7-12-24(27)20-28(32)22-10-5-3-6-11-22/h3,5-6,10-11,15-18,20,25H,2,4,7-9,12-14,19,21H2,1H3. The van der Waals surface area contributed by atoms with Gasteiger partial charge in [0.05, 0.1) is 18.2 Å². The smallest absolute Gasteiger partial charge is 0.310 e. The van der Waals surface area contributed by atoms with E-state index in [1.807, 2.05) is 19.1 Å². The van der Waals surface area contributed by atoms with Crippen LogP contribution in [0, 0.1) is 5.92 Å². The summed E-state index contributed by atoms with van der Waals surface area (Å²) in [6.45, 7) is 3.30. The average molecular weight is 471 g/mol. The van der Waals surface area contributed by atoms with Crippen LogP contribution in [0.4, 0.5) is 0 Å². The molecule has 2 heterocycles. The summed E-state index contributed by atoms with van der Waals surface area (Å²) in [5, 5.41) is 0. The minimum absolute atomic E-state index is 0.0137. The van der Waals surface area contributed by atoms with E-state index in [2.05, 4.69) is 53.1 Å². The van der Waals surface area contributed by atoms with Gasteiger partial charge in [0.2, 0.25) is 0 Å². The number of hydrogen-bond acceptors (Lipinski definition) is 3. The van der Waals surface area contributed by atoms with Crippen molar-refractivity contribution in [1.82, 2.24) is 9.47 Å². The van der Waals surface area contributed by atoms with Gasteiger partial charge in [-0.2, -0.15) is 0 Å². The van der Waals surface area contributed by atoms with E-state index in [1.165, 1.54) is 41.8 Å². The van der Waals surface area contributed by atoms with Crippen LogP contribution < -0.4 is 0 Å². The number of rotatable bonds is 5. The van der Waals surface area contributed by atoms with Crippen LogP contribution in [0.1, 0.15) is 60.6 Å². The topological polar surface area (TPSA) is 51.5 Å². The number of fused-ring (bicyclic) bond motifs is 1. The largest absolute Gasteiger partial charge is 0.466 e. The normalized spacial score (nSPS) is 18.0. The molecular weight excluding hydrogens is 436 g/mol. The molecule has 1 aromatic heterocycles. The Balaban J connectivity index is 1.42. The summed E-state index contributed by atoms with van der Waals surface area (Å²) in [4.78, 5) is 27.3. The molecule has 1 amide bonds. The molecule has 182 valence electrons. The van der Waals surface area contributed by atoms with Crippen LogP contribution in [0.3, 0.4) is 0 Å². The zero-order valence-electron chi connectivity index (χ0n) is 20.5. The van der Waals surface area contributed by atoms with E-state index in [-0.39, 0.29) is 17.8 Å². The van der Waals surface area contributed by atoms with Crippen molar-refractivity contribution < 1.29 is 14.3 Å². The van der Waals surface area contributed by atoms with Crippen molar-refractivity contribution in [1.29, 1.82) is 0 Å². The van der Waals surface area contributed by atoms with Crippen LogP contribution in [0.15, 0.2) is 60.7 Å². The van der Waals surface area contributed by atoms with Gasteiger partial charge >= 0.3 is 5.97 Å². The quantitative estimate of drug-likeness (QED) is 0.348. The zero-order chi connectivity index (χ0) is 24.2. The summed E-state index contributed by atoms with van der Waals surface area (Å²) >= 11 is 0. The number of nitrogens with zero attached hydrogens (tertiary/aromatic N) is 2. The highest BCUT2D eigenvalue weighted by atomic mass is 16.5. The van der Waals surface area contributed by atoms with Crippen LogP contribution in [-0.4, -0.2) is 41.0 Å². The Morgan fingerprint density at radius 2 is 1.71 bits per heavy atom. The van der Waals surface area contributed by atoms with E-state index in [1.54, 1.807) is 4.90 Å². The second-order valence-corrected chi connectivity index (χ2v) is 9.65. The van der Waals surface area contributed by atoms with Crippen LogP contribution in [-0.2, 0) is 22.4 Å². The number of carbonyl (C=O) groups is 2. The second kappa shape index (κ2) is 10.5. The predicted octanol–water partition coefficient (Wildman–Crippen LogP) is 5.83. The number of aromatic nitrogens is 1. The van der Waals surface area contributed by atoms with Gasteiger partial charge in [-0.1, -0.05) is 36.8 Å². The monoisotopic (exact) mass is 470 g/mol. The number of ether oxygens (including phenoxy) is 1. The van der Waals surface area contributed by atoms with Crippen molar-refractivity contribution in [3.8, 4) is 16.9 Å². The van der Waals surface area contributed by atoms with Crippen molar-refractivity contribution in [3.63, 3.8) is 0 Å². The highest BCUT2D eigenvalue weighted by Crippen LogP contribution is 2.33. The average Bonchev–Trinajstić information content (AvgIpc) is 3.11. The van der Waals surface area contributed by atoms with E-state index in [0.717, 1.165) is 31.4 Å². The first-order valence-corrected chi connectivity index (χ1v) is 13.0. The Morgan fingerprint density at radius 3 is 2.49 bits per heavy atom. The van der Waals surface area contributed by atoms with Gasteiger partial charge in [-0.25, -0.2) is 0 Å². The molecule has 3 aromatic rings. The summed E-state index contributed by atoms with van der Waals surface area (Å²) < 4.78 is 7.59. The summed E-state index contributed by atoms with van der Waals surface area (Å²) in [5.74, 6) is -0.432. The first kappa shape index (κ1) is 23.4. The fourth-order valence-electron chi connectivity index (χ4n) is 5.54. The lowest BCUT2D eigenvalue weighted by atomic mass is 9.97. The van der Waals surface area contributed by atoms with E-state index >= 15 is 0 Å². The molecule has 0 N–H and O–H groups in total. The maximum absolute atomic E-state index is 13.3. The minimum atomic E-state index is -0.226. The molecule has 1 aliphatic carbocycles. The first-order valence-electron chi connectivity index (χ1n) is 13.0. The Morgan fingerprint density at radius 1 is 0.943 bits per heavy atom. The molecule has 5 rings (SSSR count). The van der Waals surface area contributed by atoms with Gasteiger partial charge in [-0.15, -0.1) is 0 Å². The van der Waals surface area contributed by atoms with Crippen molar-refractivity contribution in [2.75, 3.05) is 19.7 Å². The van der Waals surface area contributed by atoms with Gasteiger partial charge in [-0.3, -0.25) is 9.59 Å². The number of benzene rings is 2. The van der Waals surface area contributed by atoms with Crippen LogP contribution in [0.25, 0.3) is 16.9 Å². The summed E-state index contributed by atoms with van der Waals surface area (Å²) in [7, 11) is 0. The Hall–Kier alpha value is -3.34. The number of likely N-dealkylation sites (tertiary alicyclic amines) is 1. The van der Waals surface area contributed by atoms with Gasteiger partial charge in [0.15, 0.2) is 0 Å². The van der Waals surface area contributed by atoms with E-state index in [9.17, 15) is 9.59 Å². The minimum Gasteiger partial charge on any atom is -0.466 e. The lowest BCUT2D eigenvalue weighted by Crippen LogP contribution is -2.42. The predicted molar refractivity (Wildman–Crippen MR) is 138 cm³/mol. The van der Waals surface area contributed by atoms with E-state index in [0.29, 0.717) is 25.3 Å². The summed E-state index contributed by atoms with van der Waals surface area (Å²) in [5.41, 5.74) is 7.02. The molecule has 1 aliphatic heterocycles. The molecule has 1 saturated heterocycles. The fourth-order valence-corrected chi connectivity index (χ4v) is 5.54. The Labute approximate surface area is 207 Å². The zero-order valence-corrected chi connectivity index (χ0v) is 20.5. The molecule has 0 spiro atoms. The molecular formula is C30H34N2O3. The van der Waals surface area contributed by atoms with E-state index < -0.39 is 0 Å².